The number of nitrogens with one attached hydrogen (secondary N) is 1. The minimum absolute atomic E-state index is 0.132. The van der Waals surface area contributed by atoms with Crippen molar-refractivity contribution in [3.8, 4) is 11.1 Å². The minimum atomic E-state index is -0.132. The first-order chi connectivity index (χ1) is 10.9. The van der Waals surface area contributed by atoms with Crippen LogP contribution in [0.2, 0.25) is 0 Å². The predicted octanol–water partition coefficient (Wildman–Crippen LogP) is 4.91. The molecule has 2 heteroatoms. The number of hydrogen-bond acceptors (Lipinski definition) is 1. The summed E-state index contributed by atoms with van der Waals surface area (Å²) in [4.78, 5) is 8.07. The van der Waals surface area contributed by atoms with E-state index in [1.54, 1.807) is 0 Å². The molecule has 4 rings (SSSR count). The van der Waals surface area contributed by atoms with Gasteiger partial charge in [0.25, 0.3) is 0 Å². The number of hydrogen-bond donors (Lipinski definition) is 1. The highest BCUT2D eigenvalue weighted by molar-refractivity contribution is 5.82. The number of unbranched alkanes of at least 4 members (excludes halogenated alkanes) is 1. The Morgan fingerprint density at radius 3 is 2.14 bits per heavy atom. The smallest absolute Gasteiger partial charge is 0.121 e. The average Bonchev–Trinajstić information content (AvgIpc) is 3.19. The molecule has 0 bridgehead atoms. The summed E-state index contributed by atoms with van der Waals surface area (Å²) in [6.45, 7) is 2.25. The molecule has 1 N–H and O–H groups in total. The molecule has 0 spiro atoms. The number of benzene rings is 2. The molecule has 110 valence electrons. The Morgan fingerprint density at radius 2 is 1.59 bits per heavy atom. The van der Waals surface area contributed by atoms with Gasteiger partial charge in [-0.3, -0.25) is 0 Å². The van der Waals surface area contributed by atoms with Crippen LogP contribution in [0.4, 0.5) is 0 Å². The quantitative estimate of drug-likeness (QED) is 0.725. The van der Waals surface area contributed by atoms with E-state index in [9.17, 15) is 0 Å². The zero-order valence-corrected chi connectivity index (χ0v) is 12.8. The van der Waals surface area contributed by atoms with E-state index in [1.807, 2.05) is 12.4 Å². The molecule has 0 fully saturated rings. The first-order valence-corrected chi connectivity index (χ1v) is 8.07. The summed E-state index contributed by atoms with van der Waals surface area (Å²) in [6, 6.07) is 17.6. The second kappa shape index (κ2) is 5.13. The van der Waals surface area contributed by atoms with E-state index >= 15 is 0 Å². The predicted molar refractivity (Wildman–Crippen MR) is 89.9 cm³/mol. The standard InChI is InChI=1S/C20H20N2/c1-2-3-12-20(19-21-13-14-22-19)17-10-6-4-8-15(17)16-9-5-7-11-18(16)20/h4-11,13-14H,2-3,12H2,1H3,(H,21,22). The van der Waals surface area contributed by atoms with Gasteiger partial charge in [0.15, 0.2) is 0 Å². The van der Waals surface area contributed by atoms with Gasteiger partial charge in [-0.1, -0.05) is 68.3 Å². The fraction of sp³-hybridized carbons (Fsp3) is 0.250. The summed E-state index contributed by atoms with van der Waals surface area (Å²) in [7, 11) is 0. The molecule has 1 heterocycles. The van der Waals surface area contributed by atoms with Crippen LogP contribution in [0, 0.1) is 0 Å². The Bertz CT molecular complexity index is 741. The van der Waals surface area contributed by atoms with E-state index in [2.05, 4.69) is 65.4 Å². The molecule has 1 aliphatic carbocycles. The molecular formula is C20H20N2. The molecule has 2 nitrogen and oxygen atoms in total. The molecular weight excluding hydrogens is 268 g/mol. The van der Waals surface area contributed by atoms with Crippen molar-refractivity contribution in [3.05, 3.63) is 77.9 Å². The van der Waals surface area contributed by atoms with Gasteiger partial charge in [0.2, 0.25) is 0 Å². The SMILES string of the molecule is CCCCC1(c2ncc[nH]2)c2ccccc2-c2ccccc21. The molecule has 22 heavy (non-hydrogen) atoms. The Kier molecular flexibility index (Phi) is 3.11. The van der Waals surface area contributed by atoms with Crippen LogP contribution in [0.5, 0.6) is 0 Å². The van der Waals surface area contributed by atoms with Gasteiger partial charge in [0.05, 0.1) is 5.41 Å². The maximum atomic E-state index is 4.67. The summed E-state index contributed by atoms with van der Waals surface area (Å²) in [5.74, 6) is 1.07. The van der Waals surface area contributed by atoms with Gasteiger partial charge in [-0.25, -0.2) is 4.98 Å². The van der Waals surface area contributed by atoms with Crippen LogP contribution in [0.15, 0.2) is 60.9 Å². The minimum Gasteiger partial charge on any atom is -0.348 e. The Morgan fingerprint density at radius 1 is 0.955 bits per heavy atom. The number of fused-ring (bicyclic) bond motifs is 3. The monoisotopic (exact) mass is 288 g/mol. The third kappa shape index (κ3) is 1.70. The van der Waals surface area contributed by atoms with Gasteiger partial charge in [0, 0.05) is 12.4 Å². The molecule has 0 atom stereocenters. The first kappa shape index (κ1) is 13.3. The van der Waals surface area contributed by atoms with Crippen molar-refractivity contribution in [2.45, 2.75) is 31.6 Å². The summed E-state index contributed by atoms with van der Waals surface area (Å²) >= 11 is 0. The summed E-state index contributed by atoms with van der Waals surface area (Å²) in [5.41, 5.74) is 5.35. The van der Waals surface area contributed by atoms with Crippen LogP contribution in [-0.4, -0.2) is 9.97 Å². The van der Waals surface area contributed by atoms with E-state index < -0.39 is 0 Å². The van der Waals surface area contributed by atoms with Crippen molar-refractivity contribution in [1.82, 2.24) is 9.97 Å². The molecule has 1 aliphatic rings. The highest BCUT2D eigenvalue weighted by Gasteiger charge is 2.45. The van der Waals surface area contributed by atoms with Gasteiger partial charge in [0.1, 0.15) is 5.82 Å². The Labute approximate surface area is 131 Å². The van der Waals surface area contributed by atoms with E-state index in [0.29, 0.717) is 0 Å². The highest BCUT2D eigenvalue weighted by Crippen LogP contribution is 2.53. The van der Waals surface area contributed by atoms with Crippen LogP contribution in [-0.2, 0) is 5.41 Å². The molecule has 0 saturated heterocycles. The van der Waals surface area contributed by atoms with Gasteiger partial charge < -0.3 is 4.98 Å². The number of aromatic nitrogens is 2. The molecule has 0 radical (unpaired) electrons. The summed E-state index contributed by atoms with van der Waals surface area (Å²) in [5, 5.41) is 0. The van der Waals surface area contributed by atoms with Crippen LogP contribution in [0.1, 0.15) is 43.1 Å². The molecule has 0 aliphatic heterocycles. The lowest BCUT2D eigenvalue weighted by atomic mass is 9.73. The van der Waals surface area contributed by atoms with Gasteiger partial charge in [-0.15, -0.1) is 0 Å². The normalized spacial score (nSPS) is 14.6. The highest BCUT2D eigenvalue weighted by atomic mass is 14.9. The number of imidazole rings is 1. The lowest BCUT2D eigenvalue weighted by molar-refractivity contribution is 0.514. The molecule has 1 aromatic heterocycles. The number of rotatable bonds is 4. The molecule has 0 amide bonds. The Balaban J connectivity index is 2.05. The van der Waals surface area contributed by atoms with E-state index in [4.69, 9.17) is 0 Å². The summed E-state index contributed by atoms with van der Waals surface area (Å²) in [6.07, 6.45) is 7.26. The topological polar surface area (TPSA) is 28.7 Å². The lowest BCUT2D eigenvalue weighted by Gasteiger charge is -2.30. The second-order valence-corrected chi connectivity index (χ2v) is 6.04. The van der Waals surface area contributed by atoms with E-state index in [-0.39, 0.29) is 5.41 Å². The number of aromatic amines is 1. The van der Waals surface area contributed by atoms with Crippen LogP contribution >= 0.6 is 0 Å². The molecule has 0 unspecified atom stereocenters. The van der Waals surface area contributed by atoms with Crippen LogP contribution < -0.4 is 0 Å². The van der Waals surface area contributed by atoms with Crippen molar-refractivity contribution in [2.24, 2.45) is 0 Å². The zero-order valence-electron chi connectivity index (χ0n) is 12.8. The van der Waals surface area contributed by atoms with E-state index in [0.717, 1.165) is 12.2 Å². The largest absolute Gasteiger partial charge is 0.348 e. The van der Waals surface area contributed by atoms with Gasteiger partial charge in [-0.05, 0) is 28.7 Å². The van der Waals surface area contributed by atoms with Crippen molar-refractivity contribution in [1.29, 1.82) is 0 Å². The van der Waals surface area contributed by atoms with Crippen molar-refractivity contribution in [2.75, 3.05) is 0 Å². The first-order valence-electron chi connectivity index (χ1n) is 8.07. The average molecular weight is 288 g/mol. The van der Waals surface area contributed by atoms with Gasteiger partial charge >= 0.3 is 0 Å². The maximum Gasteiger partial charge on any atom is 0.121 e. The van der Waals surface area contributed by atoms with Crippen molar-refractivity contribution >= 4 is 0 Å². The fourth-order valence-corrected chi connectivity index (χ4v) is 3.91. The summed E-state index contributed by atoms with van der Waals surface area (Å²) < 4.78 is 0. The number of nitrogens with zero attached hydrogens (tertiary/aromatic N) is 1. The molecule has 3 aromatic rings. The zero-order chi connectivity index (χ0) is 15.0. The molecule has 0 saturated carbocycles. The Hall–Kier alpha value is -2.35. The van der Waals surface area contributed by atoms with Crippen molar-refractivity contribution < 1.29 is 0 Å². The number of H-pyrrole nitrogens is 1. The van der Waals surface area contributed by atoms with Crippen molar-refractivity contribution in [3.63, 3.8) is 0 Å². The molecule has 2 aromatic carbocycles. The van der Waals surface area contributed by atoms with Crippen LogP contribution in [0.25, 0.3) is 11.1 Å². The fourth-order valence-electron chi connectivity index (χ4n) is 3.91. The third-order valence-corrected chi connectivity index (χ3v) is 4.87. The maximum absolute atomic E-state index is 4.67. The van der Waals surface area contributed by atoms with E-state index in [1.165, 1.54) is 35.1 Å². The van der Waals surface area contributed by atoms with Crippen LogP contribution in [0.3, 0.4) is 0 Å². The lowest BCUT2D eigenvalue weighted by Crippen LogP contribution is -2.28. The van der Waals surface area contributed by atoms with Gasteiger partial charge in [-0.2, -0.15) is 0 Å². The third-order valence-electron chi connectivity index (χ3n) is 4.87. The second-order valence-electron chi connectivity index (χ2n) is 6.04.